The van der Waals surface area contributed by atoms with Crippen LogP contribution in [-0.2, 0) is 0 Å². The molecule has 0 spiro atoms. The lowest BCUT2D eigenvalue weighted by Gasteiger charge is -2.09. The SMILES string of the molecule is CCC1CN=C(Nc2ccc(C(C)O)cc2)S1. The molecule has 92 valence electrons. The first-order valence-corrected chi connectivity index (χ1v) is 6.83. The number of nitrogens with one attached hydrogen (secondary N) is 1. The zero-order valence-corrected chi connectivity index (χ0v) is 11.0. The standard InChI is InChI=1S/C13H18N2OS/c1-3-12-8-14-13(17-12)15-11-6-4-10(5-7-11)9(2)16/h4-7,9,12,16H,3,8H2,1-2H3,(H,14,15). The molecule has 4 heteroatoms. The fraction of sp³-hybridized carbons (Fsp3) is 0.462. The van der Waals surface area contributed by atoms with Crippen molar-refractivity contribution >= 4 is 22.6 Å². The molecule has 0 saturated carbocycles. The molecule has 0 fully saturated rings. The second kappa shape index (κ2) is 5.56. The topological polar surface area (TPSA) is 44.6 Å². The number of anilines is 1. The van der Waals surface area contributed by atoms with Crippen LogP contribution in [0.5, 0.6) is 0 Å². The predicted octanol–water partition coefficient (Wildman–Crippen LogP) is 3.03. The third-order valence-electron chi connectivity index (χ3n) is 2.82. The summed E-state index contributed by atoms with van der Waals surface area (Å²) in [5.41, 5.74) is 1.96. The van der Waals surface area contributed by atoms with E-state index in [1.54, 1.807) is 18.7 Å². The highest BCUT2D eigenvalue weighted by molar-refractivity contribution is 8.15. The van der Waals surface area contributed by atoms with E-state index in [-0.39, 0.29) is 0 Å². The fourth-order valence-electron chi connectivity index (χ4n) is 1.67. The van der Waals surface area contributed by atoms with Gasteiger partial charge in [-0.3, -0.25) is 4.99 Å². The minimum Gasteiger partial charge on any atom is -0.389 e. The van der Waals surface area contributed by atoms with E-state index in [1.807, 2.05) is 24.3 Å². The molecule has 1 aromatic rings. The first kappa shape index (κ1) is 12.5. The van der Waals surface area contributed by atoms with Gasteiger partial charge in [0, 0.05) is 10.9 Å². The molecule has 0 radical (unpaired) electrons. The maximum Gasteiger partial charge on any atom is 0.161 e. The smallest absolute Gasteiger partial charge is 0.161 e. The van der Waals surface area contributed by atoms with E-state index in [1.165, 1.54) is 0 Å². The lowest BCUT2D eigenvalue weighted by Crippen LogP contribution is -2.07. The first-order chi connectivity index (χ1) is 8.19. The third-order valence-corrected chi connectivity index (χ3v) is 4.09. The minimum absolute atomic E-state index is 0.410. The van der Waals surface area contributed by atoms with Crippen LogP contribution in [-0.4, -0.2) is 22.1 Å². The van der Waals surface area contributed by atoms with Gasteiger partial charge in [0.1, 0.15) is 0 Å². The van der Waals surface area contributed by atoms with Gasteiger partial charge in [-0.25, -0.2) is 0 Å². The lowest BCUT2D eigenvalue weighted by atomic mass is 10.1. The Morgan fingerprint density at radius 2 is 2.18 bits per heavy atom. The minimum atomic E-state index is -0.410. The molecule has 1 aliphatic heterocycles. The van der Waals surface area contributed by atoms with Gasteiger partial charge in [0.15, 0.2) is 5.17 Å². The van der Waals surface area contributed by atoms with Gasteiger partial charge in [0.25, 0.3) is 0 Å². The van der Waals surface area contributed by atoms with Crippen molar-refractivity contribution in [2.24, 2.45) is 4.99 Å². The van der Waals surface area contributed by atoms with Crippen molar-refractivity contribution in [3.63, 3.8) is 0 Å². The van der Waals surface area contributed by atoms with Crippen molar-refractivity contribution in [1.82, 2.24) is 0 Å². The van der Waals surface area contributed by atoms with Gasteiger partial charge in [-0.1, -0.05) is 30.8 Å². The molecular formula is C13H18N2OS. The highest BCUT2D eigenvalue weighted by Crippen LogP contribution is 2.25. The van der Waals surface area contributed by atoms with Crippen LogP contribution < -0.4 is 5.32 Å². The highest BCUT2D eigenvalue weighted by atomic mass is 32.2. The average Bonchev–Trinajstić information content (AvgIpc) is 2.77. The molecule has 2 atom stereocenters. The van der Waals surface area contributed by atoms with E-state index in [0.717, 1.165) is 29.4 Å². The van der Waals surface area contributed by atoms with Crippen LogP contribution in [0.4, 0.5) is 5.69 Å². The van der Waals surface area contributed by atoms with Gasteiger partial charge in [-0.15, -0.1) is 0 Å². The van der Waals surface area contributed by atoms with Gasteiger partial charge in [0.2, 0.25) is 0 Å². The van der Waals surface area contributed by atoms with Gasteiger partial charge in [0.05, 0.1) is 12.6 Å². The van der Waals surface area contributed by atoms with Crippen molar-refractivity contribution in [2.75, 3.05) is 11.9 Å². The number of aliphatic hydroxyl groups excluding tert-OH is 1. The zero-order chi connectivity index (χ0) is 12.3. The molecule has 0 amide bonds. The Morgan fingerprint density at radius 3 is 2.71 bits per heavy atom. The number of amidine groups is 1. The normalized spacial score (nSPS) is 21.1. The Morgan fingerprint density at radius 1 is 1.47 bits per heavy atom. The predicted molar refractivity (Wildman–Crippen MR) is 74.7 cm³/mol. The van der Waals surface area contributed by atoms with Crippen molar-refractivity contribution in [3.05, 3.63) is 29.8 Å². The maximum absolute atomic E-state index is 9.42. The average molecular weight is 250 g/mol. The monoisotopic (exact) mass is 250 g/mol. The summed E-state index contributed by atoms with van der Waals surface area (Å²) >= 11 is 1.81. The van der Waals surface area contributed by atoms with E-state index in [0.29, 0.717) is 5.25 Å². The Hall–Kier alpha value is -1.00. The Bertz CT molecular complexity index is 400. The van der Waals surface area contributed by atoms with E-state index in [9.17, 15) is 5.11 Å². The Labute approximate surface area is 106 Å². The molecule has 0 aliphatic carbocycles. The molecular weight excluding hydrogens is 232 g/mol. The zero-order valence-electron chi connectivity index (χ0n) is 10.2. The largest absolute Gasteiger partial charge is 0.389 e. The molecule has 2 rings (SSSR count). The van der Waals surface area contributed by atoms with Gasteiger partial charge in [-0.2, -0.15) is 0 Å². The van der Waals surface area contributed by atoms with Crippen LogP contribution in [0.15, 0.2) is 29.3 Å². The van der Waals surface area contributed by atoms with Crippen molar-refractivity contribution in [3.8, 4) is 0 Å². The number of aliphatic imine (C=N–C) groups is 1. The van der Waals surface area contributed by atoms with Crippen LogP contribution >= 0.6 is 11.8 Å². The molecule has 0 saturated heterocycles. The van der Waals surface area contributed by atoms with Crippen LogP contribution in [0.3, 0.4) is 0 Å². The van der Waals surface area contributed by atoms with Crippen LogP contribution in [0, 0.1) is 0 Å². The molecule has 1 heterocycles. The summed E-state index contributed by atoms with van der Waals surface area (Å²) in [6.45, 7) is 4.87. The summed E-state index contributed by atoms with van der Waals surface area (Å²) < 4.78 is 0. The summed E-state index contributed by atoms with van der Waals surface area (Å²) in [5, 5.41) is 14.3. The van der Waals surface area contributed by atoms with E-state index in [4.69, 9.17) is 0 Å². The van der Waals surface area contributed by atoms with Gasteiger partial charge in [-0.05, 0) is 31.0 Å². The highest BCUT2D eigenvalue weighted by Gasteiger charge is 2.17. The maximum atomic E-state index is 9.42. The van der Waals surface area contributed by atoms with Crippen molar-refractivity contribution in [2.45, 2.75) is 31.6 Å². The van der Waals surface area contributed by atoms with Gasteiger partial charge >= 0.3 is 0 Å². The summed E-state index contributed by atoms with van der Waals surface area (Å²) in [4.78, 5) is 4.46. The van der Waals surface area contributed by atoms with E-state index in [2.05, 4.69) is 17.2 Å². The summed E-state index contributed by atoms with van der Waals surface area (Å²) in [6, 6.07) is 7.82. The lowest BCUT2D eigenvalue weighted by molar-refractivity contribution is 0.199. The Kier molecular flexibility index (Phi) is 4.07. The number of hydrogen-bond acceptors (Lipinski definition) is 4. The quantitative estimate of drug-likeness (QED) is 0.866. The molecule has 0 aromatic heterocycles. The van der Waals surface area contributed by atoms with Crippen molar-refractivity contribution < 1.29 is 5.11 Å². The molecule has 2 N–H and O–H groups in total. The molecule has 2 unspecified atom stereocenters. The fourth-order valence-corrected chi connectivity index (χ4v) is 2.62. The number of nitrogens with zero attached hydrogens (tertiary/aromatic N) is 1. The number of benzene rings is 1. The van der Waals surface area contributed by atoms with E-state index < -0.39 is 6.10 Å². The number of thioether (sulfide) groups is 1. The molecule has 0 bridgehead atoms. The first-order valence-electron chi connectivity index (χ1n) is 5.95. The van der Waals surface area contributed by atoms with Crippen LogP contribution in [0.25, 0.3) is 0 Å². The number of rotatable bonds is 3. The molecule has 1 aliphatic rings. The number of aliphatic hydroxyl groups is 1. The summed E-state index contributed by atoms with van der Waals surface area (Å²) in [6.07, 6.45) is 0.743. The molecule has 3 nitrogen and oxygen atoms in total. The van der Waals surface area contributed by atoms with Crippen LogP contribution in [0.1, 0.15) is 31.9 Å². The molecule has 1 aromatic carbocycles. The van der Waals surface area contributed by atoms with Crippen molar-refractivity contribution in [1.29, 1.82) is 0 Å². The second-order valence-corrected chi connectivity index (χ2v) is 5.51. The van der Waals surface area contributed by atoms with Crippen LogP contribution in [0.2, 0.25) is 0 Å². The second-order valence-electron chi connectivity index (χ2n) is 4.22. The summed E-state index contributed by atoms with van der Waals surface area (Å²) in [7, 11) is 0. The van der Waals surface area contributed by atoms with Gasteiger partial charge < -0.3 is 10.4 Å². The third kappa shape index (κ3) is 3.23. The summed E-state index contributed by atoms with van der Waals surface area (Å²) in [5.74, 6) is 0. The van der Waals surface area contributed by atoms with E-state index >= 15 is 0 Å². The molecule has 17 heavy (non-hydrogen) atoms. The number of hydrogen-bond donors (Lipinski definition) is 2. The Balaban J connectivity index is 1.96.